The van der Waals surface area contributed by atoms with Crippen LogP contribution in [0.2, 0.25) is 0 Å². The van der Waals surface area contributed by atoms with Gasteiger partial charge in [-0.2, -0.15) is 0 Å². The summed E-state index contributed by atoms with van der Waals surface area (Å²) in [7, 11) is 0. The second-order valence-corrected chi connectivity index (χ2v) is 4.26. The Morgan fingerprint density at radius 2 is 1.93 bits per heavy atom. The van der Waals surface area contributed by atoms with Crippen molar-refractivity contribution in [3.8, 4) is 0 Å². The number of hydrogen-bond acceptors (Lipinski definition) is 1. The van der Waals surface area contributed by atoms with Crippen molar-refractivity contribution in [2.24, 2.45) is 11.8 Å². The highest BCUT2D eigenvalue weighted by Gasteiger charge is 2.36. The van der Waals surface area contributed by atoms with Crippen LogP contribution >= 0.6 is 0 Å². The molecule has 0 bridgehead atoms. The van der Waals surface area contributed by atoms with Gasteiger partial charge in [-0.15, -0.1) is 0 Å². The first-order valence-electron chi connectivity index (χ1n) is 5.27. The van der Waals surface area contributed by atoms with E-state index in [1.54, 1.807) is 0 Å². The van der Waals surface area contributed by atoms with Gasteiger partial charge in [-0.05, 0) is 25.2 Å². The van der Waals surface area contributed by atoms with Gasteiger partial charge >= 0.3 is 5.97 Å². The van der Waals surface area contributed by atoms with Crippen LogP contribution in [-0.2, 0) is 4.79 Å². The van der Waals surface area contributed by atoms with Crippen LogP contribution in [0.4, 0.5) is 4.39 Å². The standard InChI is InChI=1S/C11H21FO2/c1-5-8(3)9(6-2)7-11(4,12)10(13)14/h8-9H,5-7H2,1-4H3,(H,13,14). The summed E-state index contributed by atoms with van der Waals surface area (Å²) in [5, 5.41) is 8.67. The third-order valence-corrected chi connectivity index (χ3v) is 3.06. The number of carboxylic acids is 1. The molecule has 0 fully saturated rings. The van der Waals surface area contributed by atoms with Crippen LogP contribution < -0.4 is 0 Å². The van der Waals surface area contributed by atoms with Crippen LogP contribution in [0.1, 0.15) is 47.0 Å². The van der Waals surface area contributed by atoms with Crippen molar-refractivity contribution in [1.29, 1.82) is 0 Å². The van der Waals surface area contributed by atoms with Crippen molar-refractivity contribution in [2.45, 2.75) is 52.6 Å². The number of halogens is 1. The van der Waals surface area contributed by atoms with Crippen molar-refractivity contribution in [1.82, 2.24) is 0 Å². The molecule has 3 heteroatoms. The number of hydrogen-bond donors (Lipinski definition) is 1. The molecule has 14 heavy (non-hydrogen) atoms. The maximum atomic E-state index is 13.5. The highest BCUT2D eigenvalue weighted by Crippen LogP contribution is 2.30. The van der Waals surface area contributed by atoms with E-state index >= 15 is 0 Å². The molecule has 0 amide bonds. The molecule has 0 spiro atoms. The number of alkyl halides is 1. The molecule has 0 saturated heterocycles. The number of aliphatic carboxylic acids is 1. The summed E-state index contributed by atoms with van der Waals surface area (Å²) < 4.78 is 13.5. The average Bonchev–Trinajstić information content (AvgIpc) is 2.12. The molecule has 3 unspecified atom stereocenters. The summed E-state index contributed by atoms with van der Waals surface area (Å²) in [6.07, 6.45) is 1.92. The van der Waals surface area contributed by atoms with E-state index < -0.39 is 11.6 Å². The lowest BCUT2D eigenvalue weighted by Gasteiger charge is -2.26. The lowest BCUT2D eigenvalue weighted by Crippen LogP contribution is -2.33. The summed E-state index contributed by atoms with van der Waals surface area (Å²) in [5.41, 5.74) is -2.08. The van der Waals surface area contributed by atoms with E-state index in [0.29, 0.717) is 5.92 Å². The summed E-state index contributed by atoms with van der Waals surface area (Å²) in [6, 6.07) is 0. The van der Waals surface area contributed by atoms with Gasteiger partial charge in [0.05, 0.1) is 0 Å². The average molecular weight is 204 g/mol. The monoisotopic (exact) mass is 204 g/mol. The third-order valence-electron chi connectivity index (χ3n) is 3.06. The SMILES string of the molecule is CCC(C)C(CC)CC(C)(F)C(=O)O. The first kappa shape index (κ1) is 13.4. The Bertz CT molecular complexity index is 190. The fraction of sp³-hybridized carbons (Fsp3) is 0.909. The maximum Gasteiger partial charge on any atom is 0.341 e. The van der Waals surface area contributed by atoms with Crippen LogP contribution in [0.25, 0.3) is 0 Å². The Kier molecular flexibility index (Phi) is 5.09. The molecule has 0 aromatic heterocycles. The molecule has 3 atom stereocenters. The fourth-order valence-electron chi connectivity index (χ4n) is 1.66. The zero-order valence-electron chi connectivity index (χ0n) is 9.51. The van der Waals surface area contributed by atoms with E-state index in [1.165, 1.54) is 0 Å². The molecule has 84 valence electrons. The zero-order valence-corrected chi connectivity index (χ0v) is 9.51. The predicted molar refractivity (Wildman–Crippen MR) is 55.0 cm³/mol. The summed E-state index contributed by atoms with van der Waals surface area (Å²) >= 11 is 0. The van der Waals surface area contributed by atoms with Gasteiger partial charge in [0.1, 0.15) is 0 Å². The molecule has 2 nitrogen and oxygen atoms in total. The van der Waals surface area contributed by atoms with E-state index in [1.807, 2.05) is 20.8 Å². The Labute approximate surface area is 85.5 Å². The van der Waals surface area contributed by atoms with Gasteiger partial charge in [0, 0.05) is 0 Å². The number of carbonyl (C=O) groups is 1. The minimum atomic E-state index is -2.08. The normalized spacial score (nSPS) is 19.8. The fourth-order valence-corrected chi connectivity index (χ4v) is 1.66. The smallest absolute Gasteiger partial charge is 0.341 e. The van der Waals surface area contributed by atoms with Crippen LogP contribution in [0.3, 0.4) is 0 Å². The van der Waals surface area contributed by atoms with Gasteiger partial charge in [0.25, 0.3) is 0 Å². The van der Waals surface area contributed by atoms with E-state index in [9.17, 15) is 9.18 Å². The Morgan fingerprint density at radius 3 is 2.21 bits per heavy atom. The molecule has 0 aliphatic rings. The molecule has 0 aliphatic heterocycles. The Morgan fingerprint density at radius 1 is 1.43 bits per heavy atom. The molecule has 0 aromatic carbocycles. The molecule has 0 radical (unpaired) electrons. The van der Waals surface area contributed by atoms with Crippen LogP contribution in [0, 0.1) is 11.8 Å². The molecular formula is C11H21FO2. The van der Waals surface area contributed by atoms with Crippen molar-refractivity contribution >= 4 is 5.97 Å². The van der Waals surface area contributed by atoms with Gasteiger partial charge < -0.3 is 5.11 Å². The van der Waals surface area contributed by atoms with Crippen molar-refractivity contribution in [3.63, 3.8) is 0 Å². The minimum absolute atomic E-state index is 0.119. The Balaban J connectivity index is 4.38. The quantitative estimate of drug-likeness (QED) is 0.721. The number of carboxylic acid groups (broad SMARTS) is 1. The second-order valence-electron chi connectivity index (χ2n) is 4.26. The lowest BCUT2D eigenvalue weighted by molar-refractivity contribution is -0.151. The maximum absolute atomic E-state index is 13.5. The van der Waals surface area contributed by atoms with Crippen LogP contribution in [-0.4, -0.2) is 16.7 Å². The lowest BCUT2D eigenvalue weighted by atomic mass is 9.82. The van der Waals surface area contributed by atoms with Crippen LogP contribution in [0.5, 0.6) is 0 Å². The topological polar surface area (TPSA) is 37.3 Å². The molecule has 1 N–H and O–H groups in total. The van der Waals surface area contributed by atoms with Crippen molar-refractivity contribution in [3.05, 3.63) is 0 Å². The molecule has 0 heterocycles. The highest BCUT2D eigenvalue weighted by atomic mass is 19.1. The van der Waals surface area contributed by atoms with Gasteiger partial charge in [-0.3, -0.25) is 0 Å². The van der Waals surface area contributed by atoms with Crippen LogP contribution in [0.15, 0.2) is 0 Å². The van der Waals surface area contributed by atoms with Crippen molar-refractivity contribution in [2.75, 3.05) is 0 Å². The Hall–Kier alpha value is -0.600. The minimum Gasteiger partial charge on any atom is -0.479 e. The third kappa shape index (κ3) is 3.64. The van der Waals surface area contributed by atoms with Gasteiger partial charge in [0.2, 0.25) is 5.67 Å². The molecule has 0 saturated carbocycles. The van der Waals surface area contributed by atoms with Gasteiger partial charge in [-0.1, -0.05) is 33.6 Å². The largest absolute Gasteiger partial charge is 0.479 e. The molecule has 0 aromatic rings. The highest BCUT2D eigenvalue weighted by molar-refractivity contribution is 5.76. The summed E-state index contributed by atoms with van der Waals surface area (Å²) in [6.45, 7) is 7.23. The van der Waals surface area contributed by atoms with Gasteiger partial charge in [-0.25, -0.2) is 9.18 Å². The molecular weight excluding hydrogens is 183 g/mol. The second kappa shape index (κ2) is 5.32. The summed E-state index contributed by atoms with van der Waals surface area (Å²) in [4.78, 5) is 10.6. The van der Waals surface area contributed by atoms with E-state index in [-0.39, 0.29) is 12.3 Å². The molecule has 0 aliphatic carbocycles. The first-order valence-corrected chi connectivity index (χ1v) is 5.27. The predicted octanol–water partition coefficient (Wildman–Crippen LogP) is 3.26. The van der Waals surface area contributed by atoms with E-state index in [0.717, 1.165) is 19.8 Å². The number of rotatable bonds is 6. The molecule has 0 rings (SSSR count). The van der Waals surface area contributed by atoms with Gasteiger partial charge in [0.15, 0.2) is 0 Å². The first-order chi connectivity index (χ1) is 6.35. The van der Waals surface area contributed by atoms with E-state index in [2.05, 4.69) is 0 Å². The van der Waals surface area contributed by atoms with E-state index in [4.69, 9.17) is 5.11 Å². The van der Waals surface area contributed by atoms with Crippen molar-refractivity contribution < 1.29 is 14.3 Å². The summed E-state index contributed by atoms with van der Waals surface area (Å²) in [5.74, 6) is -0.806. The zero-order chi connectivity index (χ0) is 11.4.